The smallest absolute Gasteiger partial charge is 0.422 e. The summed E-state index contributed by atoms with van der Waals surface area (Å²) in [5, 5.41) is 0. The number of hydrogen-bond acceptors (Lipinski definition) is 3. The Balaban J connectivity index is 3.24. The van der Waals surface area contributed by atoms with Gasteiger partial charge in [0.1, 0.15) is 11.4 Å². The molecule has 0 spiro atoms. The van der Waals surface area contributed by atoms with Crippen LogP contribution in [-0.4, -0.2) is 18.4 Å². The molecular weight excluding hydrogens is 306 g/mol. The summed E-state index contributed by atoms with van der Waals surface area (Å²) in [6.07, 6.45) is -6.66. The number of halogens is 6. The Hall–Kier alpha value is -2.06. The number of ether oxygens (including phenoxy) is 1. The van der Waals surface area contributed by atoms with Gasteiger partial charge < -0.3 is 4.74 Å². The fourth-order valence-corrected chi connectivity index (χ4v) is 1.49. The fraction of sp³-hybridized carbons (Fsp3) is 0.333. The van der Waals surface area contributed by atoms with E-state index in [1.807, 2.05) is 0 Å². The predicted octanol–water partition coefficient (Wildman–Crippen LogP) is 2.80. The zero-order valence-corrected chi connectivity index (χ0v) is 10.5. The summed E-state index contributed by atoms with van der Waals surface area (Å²) in [4.78, 5) is 22.3. The first-order valence-electron chi connectivity index (χ1n) is 5.53. The van der Waals surface area contributed by atoms with Gasteiger partial charge in [0, 0.05) is 6.42 Å². The molecule has 9 heteroatoms. The molecule has 1 aromatic rings. The van der Waals surface area contributed by atoms with Crippen molar-refractivity contribution in [3.05, 3.63) is 34.6 Å². The van der Waals surface area contributed by atoms with Gasteiger partial charge in [-0.25, -0.2) is 18.0 Å². The fourth-order valence-electron chi connectivity index (χ4n) is 1.49. The zero-order valence-electron chi connectivity index (χ0n) is 10.5. The Morgan fingerprint density at radius 2 is 1.71 bits per heavy atom. The number of hydrogen-bond donors (Lipinski definition) is 0. The molecule has 0 fully saturated rings. The van der Waals surface area contributed by atoms with Crippen LogP contribution in [0.1, 0.15) is 18.1 Å². The highest BCUT2D eigenvalue weighted by molar-refractivity contribution is 6.34. The third kappa shape index (κ3) is 3.73. The van der Waals surface area contributed by atoms with E-state index in [1.165, 1.54) is 6.92 Å². The monoisotopic (exact) mass is 314 g/mol. The highest BCUT2D eigenvalue weighted by atomic mass is 19.4. The van der Waals surface area contributed by atoms with Gasteiger partial charge in [-0.05, 0) is 18.6 Å². The molecule has 1 rings (SSSR count). The second-order valence-electron chi connectivity index (χ2n) is 3.84. The number of ketones is 1. The van der Waals surface area contributed by atoms with Gasteiger partial charge in [0.2, 0.25) is 5.78 Å². The van der Waals surface area contributed by atoms with E-state index < -0.39 is 52.9 Å². The van der Waals surface area contributed by atoms with E-state index in [-0.39, 0.29) is 12.7 Å². The Bertz CT molecular complexity index is 579. The van der Waals surface area contributed by atoms with E-state index in [0.717, 1.165) is 0 Å². The number of Topliss-reactive ketones (excluding diaryl/α,β-unsaturated/α-hetero) is 1. The Labute approximate surface area is 114 Å². The van der Waals surface area contributed by atoms with E-state index in [4.69, 9.17) is 0 Å². The minimum atomic E-state index is -5.49. The number of carbonyl (C=O) groups excluding carboxylic acids is 2. The summed E-state index contributed by atoms with van der Waals surface area (Å²) >= 11 is 0. The number of rotatable bonds is 4. The lowest BCUT2D eigenvalue weighted by molar-refractivity contribution is -0.153. The normalized spacial score (nSPS) is 11.4. The van der Waals surface area contributed by atoms with Crippen LogP contribution < -0.4 is 0 Å². The van der Waals surface area contributed by atoms with E-state index in [0.29, 0.717) is 0 Å². The minimum Gasteiger partial charge on any atom is -0.460 e. The quantitative estimate of drug-likeness (QED) is 0.371. The molecule has 0 aliphatic rings. The molecule has 0 aromatic heterocycles. The van der Waals surface area contributed by atoms with Crippen LogP contribution in [-0.2, 0) is 26.9 Å². The molecule has 0 bridgehead atoms. The molecule has 0 N–H and O–H groups in total. The molecule has 21 heavy (non-hydrogen) atoms. The maximum absolute atomic E-state index is 13.6. The van der Waals surface area contributed by atoms with Crippen LogP contribution in [0.4, 0.5) is 26.3 Å². The maximum Gasteiger partial charge on any atom is 0.422 e. The van der Waals surface area contributed by atoms with Crippen molar-refractivity contribution in [2.24, 2.45) is 0 Å². The molecule has 0 aliphatic carbocycles. The second-order valence-corrected chi connectivity index (χ2v) is 3.84. The van der Waals surface area contributed by atoms with E-state index in [9.17, 15) is 35.9 Å². The predicted molar refractivity (Wildman–Crippen MR) is 56.7 cm³/mol. The molecule has 0 amide bonds. The summed E-state index contributed by atoms with van der Waals surface area (Å²) in [6.45, 7) is 1.18. The van der Waals surface area contributed by atoms with Crippen LogP contribution in [0.2, 0.25) is 0 Å². The molecule has 0 radical (unpaired) electrons. The van der Waals surface area contributed by atoms with Crippen molar-refractivity contribution in [3.63, 3.8) is 0 Å². The Kier molecular flexibility index (Phi) is 4.97. The lowest BCUT2D eigenvalue weighted by atomic mass is 10.0. The first-order chi connectivity index (χ1) is 9.59. The van der Waals surface area contributed by atoms with Crippen LogP contribution in [0.3, 0.4) is 0 Å². The van der Waals surface area contributed by atoms with Crippen LogP contribution in [0.15, 0.2) is 6.07 Å². The molecule has 0 unspecified atom stereocenters. The summed E-state index contributed by atoms with van der Waals surface area (Å²) in [6, 6.07) is 0.0943. The van der Waals surface area contributed by atoms with Crippen LogP contribution >= 0.6 is 0 Å². The summed E-state index contributed by atoms with van der Waals surface area (Å²) in [5.74, 6) is -9.31. The second kappa shape index (κ2) is 6.15. The largest absolute Gasteiger partial charge is 0.460 e. The summed E-state index contributed by atoms with van der Waals surface area (Å²) in [5.41, 5.74) is -3.53. The molecule has 1 aromatic carbocycles. The summed E-state index contributed by atoms with van der Waals surface area (Å²) in [7, 11) is 0. The molecule has 116 valence electrons. The van der Waals surface area contributed by atoms with Crippen LogP contribution in [0.5, 0.6) is 0 Å². The third-order valence-corrected chi connectivity index (χ3v) is 2.37. The van der Waals surface area contributed by atoms with Gasteiger partial charge in [0.25, 0.3) is 0 Å². The van der Waals surface area contributed by atoms with Crippen molar-refractivity contribution in [1.29, 1.82) is 0 Å². The zero-order chi connectivity index (χ0) is 16.4. The average molecular weight is 314 g/mol. The van der Waals surface area contributed by atoms with Gasteiger partial charge >= 0.3 is 12.1 Å². The van der Waals surface area contributed by atoms with Gasteiger partial charge in [-0.15, -0.1) is 0 Å². The van der Waals surface area contributed by atoms with Gasteiger partial charge in [-0.1, -0.05) is 0 Å². The standard InChI is InChI=1S/C12H8F6O3/c1-2-21-11(20)7(19)4-5-3-6(13)10(15)8(9(5)14)12(16,17)18/h3H,2,4H2,1H3. The van der Waals surface area contributed by atoms with Crippen molar-refractivity contribution >= 4 is 11.8 Å². The number of carbonyl (C=O) groups is 2. The van der Waals surface area contributed by atoms with Crippen molar-refractivity contribution in [2.45, 2.75) is 19.5 Å². The number of alkyl halides is 3. The van der Waals surface area contributed by atoms with E-state index in [1.54, 1.807) is 0 Å². The van der Waals surface area contributed by atoms with Crippen molar-refractivity contribution in [1.82, 2.24) is 0 Å². The van der Waals surface area contributed by atoms with Gasteiger partial charge in [-0.2, -0.15) is 13.2 Å². The highest BCUT2D eigenvalue weighted by Gasteiger charge is 2.40. The SMILES string of the molecule is CCOC(=O)C(=O)Cc1cc(F)c(F)c(C(F)(F)F)c1F. The molecule has 0 aliphatic heterocycles. The average Bonchev–Trinajstić information content (AvgIpc) is 2.34. The topological polar surface area (TPSA) is 43.4 Å². The van der Waals surface area contributed by atoms with Gasteiger partial charge in [-0.3, -0.25) is 4.79 Å². The van der Waals surface area contributed by atoms with Crippen molar-refractivity contribution in [2.75, 3.05) is 6.61 Å². The molecule has 0 saturated heterocycles. The molecule has 0 heterocycles. The van der Waals surface area contributed by atoms with Gasteiger partial charge in [0.15, 0.2) is 11.6 Å². The molecular formula is C12H8F6O3. The van der Waals surface area contributed by atoms with Crippen molar-refractivity contribution in [3.8, 4) is 0 Å². The third-order valence-electron chi connectivity index (χ3n) is 2.37. The van der Waals surface area contributed by atoms with Crippen LogP contribution in [0.25, 0.3) is 0 Å². The number of esters is 1. The lowest BCUT2D eigenvalue weighted by Crippen LogP contribution is -2.22. The molecule has 0 saturated carbocycles. The first-order valence-corrected chi connectivity index (χ1v) is 5.53. The lowest BCUT2D eigenvalue weighted by Gasteiger charge is -2.12. The first kappa shape index (κ1) is 17.0. The highest BCUT2D eigenvalue weighted by Crippen LogP contribution is 2.35. The maximum atomic E-state index is 13.6. The van der Waals surface area contributed by atoms with Crippen molar-refractivity contribution < 1.29 is 40.7 Å². The molecule has 0 atom stereocenters. The van der Waals surface area contributed by atoms with E-state index in [2.05, 4.69) is 4.74 Å². The van der Waals surface area contributed by atoms with Gasteiger partial charge in [0.05, 0.1) is 6.61 Å². The van der Waals surface area contributed by atoms with Crippen LogP contribution in [0, 0.1) is 17.5 Å². The Morgan fingerprint density at radius 3 is 2.19 bits per heavy atom. The number of benzene rings is 1. The Morgan fingerprint density at radius 1 is 1.14 bits per heavy atom. The summed E-state index contributed by atoms with van der Waals surface area (Å²) < 4.78 is 81.4. The minimum absolute atomic E-state index is 0.0943. The molecule has 3 nitrogen and oxygen atoms in total. The van der Waals surface area contributed by atoms with E-state index >= 15 is 0 Å².